The number of thiocarbonyl (C=S) groups is 1. The van der Waals surface area contributed by atoms with Gasteiger partial charge in [0.15, 0.2) is 0 Å². The Bertz CT molecular complexity index is 503. The van der Waals surface area contributed by atoms with E-state index in [9.17, 15) is 4.79 Å². The molecule has 0 atom stereocenters. The highest BCUT2D eigenvalue weighted by molar-refractivity contribution is 9.10. The van der Waals surface area contributed by atoms with Crippen LogP contribution in [0.15, 0.2) is 22.7 Å². The molecule has 4 N–H and O–H groups in total. The molecule has 19 heavy (non-hydrogen) atoms. The lowest BCUT2D eigenvalue weighted by molar-refractivity contribution is -0.120. The minimum Gasteiger partial charge on any atom is -0.389 e. The average Bonchev–Trinajstić information content (AvgIpc) is 3.12. The Morgan fingerprint density at radius 3 is 2.84 bits per heavy atom. The Balaban J connectivity index is 1.88. The van der Waals surface area contributed by atoms with E-state index < -0.39 is 0 Å². The molecule has 0 bridgehead atoms. The van der Waals surface area contributed by atoms with Crippen molar-refractivity contribution in [3.8, 4) is 0 Å². The van der Waals surface area contributed by atoms with Gasteiger partial charge in [0.05, 0.1) is 0 Å². The average molecular weight is 342 g/mol. The van der Waals surface area contributed by atoms with Crippen molar-refractivity contribution in [3.63, 3.8) is 0 Å². The molecule has 1 aliphatic carbocycles. The van der Waals surface area contributed by atoms with E-state index in [1.807, 2.05) is 18.2 Å². The summed E-state index contributed by atoms with van der Waals surface area (Å²) in [6, 6.07) is 6.07. The molecule has 0 unspecified atom stereocenters. The van der Waals surface area contributed by atoms with E-state index in [0.29, 0.717) is 24.0 Å². The zero-order chi connectivity index (χ0) is 13.8. The molecule has 1 amide bonds. The first-order valence-electron chi connectivity index (χ1n) is 6.19. The van der Waals surface area contributed by atoms with Crippen LogP contribution in [0.25, 0.3) is 0 Å². The molecule has 1 saturated carbocycles. The smallest absolute Gasteiger partial charge is 0.221 e. The largest absolute Gasteiger partial charge is 0.389 e. The second-order valence-electron chi connectivity index (χ2n) is 4.57. The molecular formula is C13H16BrN3OS. The van der Waals surface area contributed by atoms with Crippen molar-refractivity contribution in [1.29, 1.82) is 0 Å². The van der Waals surface area contributed by atoms with E-state index in [2.05, 4.69) is 26.6 Å². The van der Waals surface area contributed by atoms with Gasteiger partial charge in [0.25, 0.3) is 0 Å². The first kappa shape index (κ1) is 14.3. The minimum absolute atomic E-state index is 0.0851. The van der Waals surface area contributed by atoms with Gasteiger partial charge >= 0.3 is 0 Å². The molecule has 0 aromatic heterocycles. The van der Waals surface area contributed by atoms with Crippen LogP contribution in [-0.4, -0.2) is 23.5 Å². The Morgan fingerprint density at radius 2 is 2.21 bits per heavy atom. The van der Waals surface area contributed by atoms with Crippen molar-refractivity contribution in [1.82, 2.24) is 5.32 Å². The number of rotatable bonds is 6. The zero-order valence-corrected chi connectivity index (χ0v) is 12.8. The van der Waals surface area contributed by atoms with Crippen LogP contribution >= 0.6 is 28.1 Å². The highest BCUT2D eigenvalue weighted by Gasteiger charge is 2.22. The number of benzene rings is 1. The van der Waals surface area contributed by atoms with Gasteiger partial charge < -0.3 is 16.4 Å². The Kier molecular flexibility index (Phi) is 4.76. The van der Waals surface area contributed by atoms with Gasteiger partial charge in [-0.25, -0.2) is 0 Å². The highest BCUT2D eigenvalue weighted by atomic mass is 79.9. The monoisotopic (exact) mass is 341 g/mol. The van der Waals surface area contributed by atoms with E-state index in [-0.39, 0.29) is 5.91 Å². The van der Waals surface area contributed by atoms with Gasteiger partial charge in [-0.1, -0.05) is 28.1 Å². The topological polar surface area (TPSA) is 67.1 Å². The van der Waals surface area contributed by atoms with Crippen LogP contribution in [0.2, 0.25) is 0 Å². The zero-order valence-electron chi connectivity index (χ0n) is 10.4. The quantitative estimate of drug-likeness (QED) is 0.693. The number of nitrogens with one attached hydrogen (secondary N) is 2. The van der Waals surface area contributed by atoms with Crippen LogP contribution in [0.1, 0.15) is 24.8 Å². The summed E-state index contributed by atoms with van der Waals surface area (Å²) in [5.74, 6) is 0.0851. The predicted molar refractivity (Wildman–Crippen MR) is 84.3 cm³/mol. The lowest BCUT2D eigenvalue weighted by Crippen LogP contribution is -2.27. The molecule has 6 heteroatoms. The van der Waals surface area contributed by atoms with Gasteiger partial charge in [0, 0.05) is 34.7 Å². The van der Waals surface area contributed by atoms with Gasteiger partial charge in [-0.2, -0.15) is 0 Å². The van der Waals surface area contributed by atoms with E-state index >= 15 is 0 Å². The van der Waals surface area contributed by atoms with Gasteiger partial charge in [-0.3, -0.25) is 4.79 Å². The van der Waals surface area contributed by atoms with Gasteiger partial charge in [-0.15, -0.1) is 0 Å². The molecule has 0 spiro atoms. The van der Waals surface area contributed by atoms with Crippen LogP contribution in [0.3, 0.4) is 0 Å². The fraction of sp³-hybridized carbons (Fsp3) is 0.385. The van der Waals surface area contributed by atoms with Crippen molar-refractivity contribution >= 4 is 44.7 Å². The molecule has 102 valence electrons. The molecule has 0 saturated heterocycles. The third-order valence-electron chi connectivity index (χ3n) is 2.86. The molecule has 1 aliphatic rings. The standard InChI is InChI=1S/C13H16BrN3OS/c14-8-1-4-10(13(15)19)11(7-8)16-6-5-12(18)17-9-2-3-9/h1,4,7,9,16H,2-3,5-6H2,(H2,15,19)(H,17,18). The number of halogens is 1. The maximum absolute atomic E-state index is 11.6. The van der Waals surface area contributed by atoms with E-state index in [1.165, 1.54) is 0 Å². The summed E-state index contributed by atoms with van der Waals surface area (Å²) in [4.78, 5) is 11.9. The molecule has 1 aromatic carbocycles. The summed E-state index contributed by atoms with van der Waals surface area (Å²) >= 11 is 8.41. The van der Waals surface area contributed by atoms with E-state index in [1.54, 1.807) is 0 Å². The van der Waals surface area contributed by atoms with Gasteiger partial charge in [-0.05, 0) is 31.0 Å². The molecule has 1 aromatic rings. The van der Waals surface area contributed by atoms with Crippen LogP contribution < -0.4 is 16.4 Å². The van der Waals surface area contributed by atoms with Gasteiger partial charge in [0.2, 0.25) is 5.91 Å². The Morgan fingerprint density at radius 1 is 1.47 bits per heavy atom. The molecule has 1 fully saturated rings. The fourth-order valence-corrected chi connectivity index (χ4v) is 2.25. The molecular weight excluding hydrogens is 326 g/mol. The number of anilines is 1. The number of hydrogen-bond acceptors (Lipinski definition) is 3. The number of nitrogens with two attached hydrogens (primary N) is 1. The Labute approximate surface area is 126 Å². The van der Waals surface area contributed by atoms with Crippen molar-refractivity contribution in [2.75, 3.05) is 11.9 Å². The second-order valence-corrected chi connectivity index (χ2v) is 5.93. The molecule has 2 rings (SSSR count). The first-order valence-corrected chi connectivity index (χ1v) is 7.39. The third kappa shape index (κ3) is 4.47. The summed E-state index contributed by atoms with van der Waals surface area (Å²) in [7, 11) is 0. The molecule has 0 aliphatic heterocycles. The third-order valence-corrected chi connectivity index (χ3v) is 3.57. The lowest BCUT2D eigenvalue weighted by atomic mass is 10.1. The number of carbonyl (C=O) groups excluding carboxylic acids is 1. The number of hydrogen-bond donors (Lipinski definition) is 3. The maximum Gasteiger partial charge on any atom is 0.221 e. The number of carbonyl (C=O) groups is 1. The van der Waals surface area contributed by atoms with Crippen molar-refractivity contribution in [2.45, 2.75) is 25.3 Å². The van der Waals surface area contributed by atoms with Crippen LogP contribution in [0.5, 0.6) is 0 Å². The summed E-state index contributed by atoms with van der Waals surface area (Å²) < 4.78 is 0.942. The van der Waals surface area contributed by atoms with E-state index in [0.717, 1.165) is 28.6 Å². The van der Waals surface area contributed by atoms with Crippen molar-refractivity contribution in [3.05, 3.63) is 28.2 Å². The SMILES string of the molecule is NC(=S)c1ccc(Br)cc1NCCC(=O)NC1CC1. The molecule has 0 radical (unpaired) electrons. The van der Waals surface area contributed by atoms with Crippen LogP contribution in [-0.2, 0) is 4.79 Å². The fourth-order valence-electron chi connectivity index (χ4n) is 1.72. The summed E-state index contributed by atoms with van der Waals surface area (Å²) in [5.41, 5.74) is 7.31. The summed E-state index contributed by atoms with van der Waals surface area (Å²) in [6.45, 7) is 0.560. The summed E-state index contributed by atoms with van der Waals surface area (Å²) in [5, 5.41) is 6.15. The van der Waals surface area contributed by atoms with Crippen molar-refractivity contribution in [2.24, 2.45) is 5.73 Å². The van der Waals surface area contributed by atoms with Crippen LogP contribution in [0.4, 0.5) is 5.69 Å². The lowest BCUT2D eigenvalue weighted by Gasteiger charge is -2.11. The Hall–Kier alpha value is -1.14. The van der Waals surface area contributed by atoms with Crippen LogP contribution in [0, 0.1) is 0 Å². The van der Waals surface area contributed by atoms with E-state index in [4.69, 9.17) is 18.0 Å². The molecule has 4 nitrogen and oxygen atoms in total. The second kappa shape index (κ2) is 6.34. The van der Waals surface area contributed by atoms with Gasteiger partial charge in [0.1, 0.15) is 4.99 Å². The first-order chi connectivity index (χ1) is 9.06. The van der Waals surface area contributed by atoms with Crippen molar-refractivity contribution < 1.29 is 4.79 Å². The normalized spacial score (nSPS) is 13.9. The predicted octanol–water partition coefficient (Wildman–Crippen LogP) is 2.16. The minimum atomic E-state index is 0.0851. The number of amides is 1. The molecule has 0 heterocycles. The summed E-state index contributed by atoms with van der Waals surface area (Å²) in [6.07, 6.45) is 2.66. The highest BCUT2D eigenvalue weighted by Crippen LogP contribution is 2.22. The maximum atomic E-state index is 11.6.